The number of urea groups is 1. The van der Waals surface area contributed by atoms with Crippen LogP contribution in [0.2, 0.25) is 0 Å². The molecule has 0 aromatic rings. The molecule has 0 aromatic heterocycles. The van der Waals surface area contributed by atoms with Crippen LogP contribution in [0, 0.1) is 0 Å². The third kappa shape index (κ3) is 5.95. The average molecular weight is 188 g/mol. The summed E-state index contributed by atoms with van der Waals surface area (Å²) in [6.07, 6.45) is 0. The van der Waals surface area contributed by atoms with Gasteiger partial charge in [-0.05, 0) is 27.7 Å². The van der Waals surface area contributed by atoms with Crippen LogP contribution in [0.3, 0.4) is 0 Å². The summed E-state index contributed by atoms with van der Waals surface area (Å²) in [5.41, 5.74) is -0.359. The Labute approximate surface area is 77.5 Å². The first kappa shape index (κ1) is 11.7. The lowest BCUT2D eigenvalue weighted by molar-refractivity contribution is -0.138. The van der Waals surface area contributed by atoms with Crippen LogP contribution in [0.1, 0.15) is 27.7 Å². The van der Waals surface area contributed by atoms with Gasteiger partial charge in [0.15, 0.2) is 0 Å². The molecule has 0 fully saturated rings. The van der Waals surface area contributed by atoms with Crippen molar-refractivity contribution in [2.45, 2.75) is 39.3 Å². The lowest BCUT2D eigenvalue weighted by atomic mass is 10.1. The van der Waals surface area contributed by atoms with E-state index >= 15 is 0 Å². The van der Waals surface area contributed by atoms with Crippen LogP contribution >= 0.6 is 0 Å². The third-order valence-electron chi connectivity index (χ3n) is 1.21. The summed E-state index contributed by atoms with van der Waals surface area (Å²) < 4.78 is 0. The maximum Gasteiger partial charge on any atom is 0.325 e. The minimum atomic E-state index is -1.05. The molecule has 0 saturated heterocycles. The molecule has 76 valence electrons. The van der Waals surface area contributed by atoms with Gasteiger partial charge in [-0.3, -0.25) is 4.79 Å². The zero-order valence-electron chi connectivity index (χ0n) is 8.34. The molecule has 0 aliphatic carbocycles. The van der Waals surface area contributed by atoms with E-state index < -0.39 is 18.0 Å². The Balaban J connectivity index is 3.96. The van der Waals surface area contributed by atoms with Crippen molar-refractivity contribution in [3.05, 3.63) is 0 Å². The standard InChI is InChI=1S/C8H16N2O3/c1-5(6(11)12)9-7(13)10-8(2,3)4/h5H,1-4H3,(H,11,12)(H2,9,10,13)/t5-/m1/s1. The van der Waals surface area contributed by atoms with Crippen LogP contribution in [0.15, 0.2) is 0 Å². The zero-order chi connectivity index (χ0) is 10.6. The molecule has 0 rings (SSSR count). The minimum Gasteiger partial charge on any atom is -0.480 e. The van der Waals surface area contributed by atoms with E-state index in [-0.39, 0.29) is 5.54 Å². The van der Waals surface area contributed by atoms with Gasteiger partial charge in [0.2, 0.25) is 0 Å². The molecule has 1 atom stereocenters. The van der Waals surface area contributed by atoms with Gasteiger partial charge in [0, 0.05) is 5.54 Å². The van der Waals surface area contributed by atoms with Crippen LogP contribution in [0.4, 0.5) is 4.79 Å². The van der Waals surface area contributed by atoms with E-state index in [4.69, 9.17) is 5.11 Å². The van der Waals surface area contributed by atoms with Gasteiger partial charge in [-0.15, -0.1) is 0 Å². The SMILES string of the molecule is C[C@@H](NC(=O)NC(C)(C)C)C(=O)O. The van der Waals surface area contributed by atoms with Crippen molar-refractivity contribution in [2.75, 3.05) is 0 Å². The van der Waals surface area contributed by atoms with Gasteiger partial charge < -0.3 is 15.7 Å². The Hall–Kier alpha value is -1.26. The van der Waals surface area contributed by atoms with E-state index in [1.165, 1.54) is 6.92 Å². The summed E-state index contributed by atoms with van der Waals surface area (Å²) in [7, 11) is 0. The van der Waals surface area contributed by atoms with E-state index in [9.17, 15) is 9.59 Å². The van der Waals surface area contributed by atoms with Crippen LogP contribution in [-0.4, -0.2) is 28.7 Å². The Morgan fingerprint density at radius 3 is 2.08 bits per heavy atom. The highest BCUT2D eigenvalue weighted by Crippen LogP contribution is 1.97. The minimum absolute atomic E-state index is 0.359. The van der Waals surface area contributed by atoms with Crippen LogP contribution in [0.5, 0.6) is 0 Å². The number of carbonyl (C=O) groups excluding carboxylic acids is 1. The molecule has 0 heterocycles. The van der Waals surface area contributed by atoms with Crippen molar-refractivity contribution in [1.29, 1.82) is 0 Å². The van der Waals surface area contributed by atoms with E-state index in [1.807, 2.05) is 20.8 Å². The molecule has 0 bridgehead atoms. The summed E-state index contributed by atoms with van der Waals surface area (Å²) in [4.78, 5) is 21.4. The van der Waals surface area contributed by atoms with Gasteiger partial charge in [-0.25, -0.2) is 4.79 Å². The molecular formula is C8H16N2O3. The number of aliphatic carboxylic acids is 1. The van der Waals surface area contributed by atoms with E-state index in [0.29, 0.717) is 0 Å². The number of rotatable bonds is 2. The van der Waals surface area contributed by atoms with Crippen LogP contribution in [0.25, 0.3) is 0 Å². The highest BCUT2D eigenvalue weighted by molar-refractivity contribution is 5.82. The second-order valence-electron chi connectivity index (χ2n) is 3.91. The highest BCUT2D eigenvalue weighted by Gasteiger charge is 2.17. The Morgan fingerprint density at radius 2 is 1.77 bits per heavy atom. The lowest BCUT2D eigenvalue weighted by Crippen LogP contribution is -2.50. The Morgan fingerprint density at radius 1 is 1.31 bits per heavy atom. The molecule has 0 aromatic carbocycles. The summed E-state index contributed by atoms with van der Waals surface area (Å²) in [5, 5.41) is 13.4. The van der Waals surface area contributed by atoms with Crippen molar-refractivity contribution >= 4 is 12.0 Å². The molecule has 0 aliphatic rings. The predicted molar refractivity (Wildman–Crippen MR) is 48.5 cm³/mol. The fourth-order valence-corrected chi connectivity index (χ4v) is 0.635. The second-order valence-corrected chi connectivity index (χ2v) is 3.91. The number of nitrogens with one attached hydrogen (secondary N) is 2. The molecule has 0 aliphatic heterocycles. The van der Waals surface area contributed by atoms with E-state index in [0.717, 1.165) is 0 Å². The number of carboxylic acids is 1. The average Bonchev–Trinajstić information content (AvgIpc) is 1.81. The van der Waals surface area contributed by atoms with Crippen molar-refractivity contribution in [3.8, 4) is 0 Å². The topological polar surface area (TPSA) is 78.4 Å². The first-order valence-corrected chi connectivity index (χ1v) is 4.04. The monoisotopic (exact) mass is 188 g/mol. The molecule has 0 saturated carbocycles. The van der Waals surface area contributed by atoms with E-state index in [2.05, 4.69) is 10.6 Å². The highest BCUT2D eigenvalue weighted by atomic mass is 16.4. The van der Waals surface area contributed by atoms with Gasteiger partial charge in [0.1, 0.15) is 6.04 Å². The molecule has 3 N–H and O–H groups in total. The summed E-state index contributed by atoms with van der Waals surface area (Å²) in [6.45, 7) is 6.86. The normalized spacial score (nSPS) is 13.2. The Bertz CT molecular complexity index is 208. The number of carbonyl (C=O) groups is 2. The molecular weight excluding hydrogens is 172 g/mol. The smallest absolute Gasteiger partial charge is 0.325 e. The molecule has 0 radical (unpaired) electrons. The Kier molecular flexibility index (Phi) is 3.71. The molecule has 5 heteroatoms. The van der Waals surface area contributed by atoms with Crippen molar-refractivity contribution < 1.29 is 14.7 Å². The van der Waals surface area contributed by atoms with Crippen molar-refractivity contribution in [3.63, 3.8) is 0 Å². The van der Waals surface area contributed by atoms with Gasteiger partial charge >= 0.3 is 12.0 Å². The van der Waals surface area contributed by atoms with Crippen LogP contribution < -0.4 is 10.6 Å². The number of amides is 2. The summed E-state index contributed by atoms with van der Waals surface area (Å²) in [5.74, 6) is -1.05. The van der Waals surface area contributed by atoms with E-state index in [1.54, 1.807) is 0 Å². The lowest BCUT2D eigenvalue weighted by Gasteiger charge is -2.21. The number of hydrogen-bond donors (Lipinski definition) is 3. The quantitative estimate of drug-likeness (QED) is 0.592. The molecule has 13 heavy (non-hydrogen) atoms. The third-order valence-corrected chi connectivity index (χ3v) is 1.21. The maximum atomic E-state index is 11.1. The van der Waals surface area contributed by atoms with Crippen molar-refractivity contribution in [1.82, 2.24) is 10.6 Å². The summed E-state index contributed by atoms with van der Waals surface area (Å²) in [6, 6.07) is -1.34. The first-order chi connectivity index (χ1) is 5.72. The van der Waals surface area contributed by atoms with Crippen molar-refractivity contribution in [2.24, 2.45) is 0 Å². The number of hydrogen-bond acceptors (Lipinski definition) is 2. The molecule has 5 nitrogen and oxygen atoms in total. The second kappa shape index (κ2) is 4.11. The van der Waals surface area contributed by atoms with Gasteiger partial charge in [0.05, 0.1) is 0 Å². The van der Waals surface area contributed by atoms with Gasteiger partial charge in [0.25, 0.3) is 0 Å². The maximum absolute atomic E-state index is 11.1. The zero-order valence-corrected chi connectivity index (χ0v) is 8.34. The summed E-state index contributed by atoms with van der Waals surface area (Å²) >= 11 is 0. The van der Waals surface area contributed by atoms with Crippen LogP contribution in [-0.2, 0) is 4.79 Å². The van der Waals surface area contributed by atoms with Gasteiger partial charge in [-0.1, -0.05) is 0 Å². The first-order valence-electron chi connectivity index (χ1n) is 4.04. The largest absolute Gasteiger partial charge is 0.480 e. The fraction of sp³-hybridized carbons (Fsp3) is 0.750. The molecule has 0 unspecified atom stereocenters. The van der Waals surface area contributed by atoms with Gasteiger partial charge in [-0.2, -0.15) is 0 Å². The molecule has 0 spiro atoms. The fourth-order valence-electron chi connectivity index (χ4n) is 0.635. The molecule has 2 amide bonds. The number of carboxylic acid groups (broad SMARTS) is 1. The predicted octanol–water partition coefficient (Wildman–Crippen LogP) is 0.557.